The van der Waals surface area contributed by atoms with Gasteiger partial charge in [0.05, 0.1) is 0 Å². The van der Waals surface area contributed by atoms with Crippen molar-refractivity contribution in [2.45, 2.75) is 13.5 Å². The summed E-state index contributed by atoms with van der Waals surface area (Å²) in [5, 5.41) is 0.188. The highest BCUT2D eigenvalue weighted by atomic mass is 35.5. The van der Waals surface area contributed by atoms with E-state index in [2.05, 4.69) is 9.72 Å². The average Bonchev–Trinajstić information content (AvgIpc) is 2.16. The van der Waals surface area contributed by atoms with Crippen LogP contribution >= 0.6 is 23.2 Å². The lowest BCUT2D eigenvalue weighted by molar-refractivity contribution is -0.0501. The second-order valence-electron chi connectivity index (χ2n) is 2.09. The SMILES string of the molecule is Cc1c(Cl)[nH]c(Cl)c1OC(F)F. The van der Waals surface area contributed by atoms with Gasteiger partial charge in [0.1, 0.15) is 5.15 Å². The molecule has 0 aliphatic rings. The molecule has 0 bridgehead atoms. The predicted octanol–water partition coefficient (Wildman–Crippen LogP) is 3.23. The summed E-state index contributed by atoms with van der Waals surface area (Å²) in [6.45, 7) is -1.37. The number of ether oxygens (including phenoxy) is 1. The molecule has 1 aromatic heterocycles. The second kappa shape index (κ2) is 3.49. The Kier molecular flexibility index (Phi) is 2.80. The van der Waals surface area contributed by atoms with E-state index in [1.807, 2.05) is 0 Å². The molecule has 1 heterocycles. The van der Waals surface area contributed by atoms with E-state index >= 15 is 0 Å². The second-order valence-corrected chi connectivity index (χ2v) is 2.84. The third kappa shape index (κ3) is 1.81. The van der Waals surface area contributed by atoms with Gasteiger partial charge in [-0.3, -0.25) is 0 Å². The molecular weight excluding hydrogens is 211 g/mol. The number of aromatic amines is 1. The molecule has 1 aromatic rings. The van der Waals surface area contributed by atoms with Gasteiger partial charge in [-0.25, -0.2) is 0 Å². The van der Waals surface area contributed by atoms with Gasteiger partial charge in [0.2, 0.25) is 0 Å². The Bertz CT molecular complexity index is 287. The molecule has 1 N–H and O–H groups in total. The Hall–Kier alpha value is -0.480. The van der Waals surface area contributed by atoms with Crippen LogP contribution in [0.15, 0.2) is 0 Å². The molecule has 0 aliphatic carbocycles. The third-order valence-corrected chi connectivity index (χ3v) is 1.94. The molecule has 0 atom stereocenters. The van der Waals surface area contributed by atoms with Crippen molar-refractivity contribution in [3.8, 4) is 5.75 Å². The van der Waals surface area contributed by atoms with Gasteiger partial charge in [-0.1, -0.05) is 23.2 Å². The summed E-state index contributed by atoms with van der Waals surface area (Å²) in [5.74, 6) is -0.100. The molecule has 6 heteroatoms. The van der Waals surface area contributed by atoms with Crippen LogP contribution < -0.4 is 4.74 Å². The lowest BCUT2D eigenvalue weighted by Gasteiger charge is -2.02. The summed E-state index contributed by atoms with van der Waals surface area (Å²) < 4.78 is 27.6. The topological polar surface area (TPSA) is 25.0 Å². The Morgan fingerprint density at radius 3 is 2.25 bits per heavy atom. The number of alkyl halides is 2. The Morgan fingerprint density at radius 2 is 1.92 bits per heavy atom. The molecule has 0 saturated carbocycles. The maximum atomic E-state index is 11.8. The normalized spacial score (nSPS) is 10.8. The maximum Gasteiger partial charge on any atom is 0.387 e. The van der Waals surface area contributed by atoms with E-state index < -0.39 is 6.61 Å². The smallest absolute Gasteiger partial charge is 0.387 e. The molecule has 0 aromatic carbocycles. The van der Waals surface area contributed by atoms with Crippen LogP contribution in [0.3, 0.4) is 0 Å². The lowest BCUT2D eigenvalue weighted by atomic mass is 10.4. The zero-order valence-electron chi connectivity index (χ0n) is 6.00. The number of rotatable bonds is 2. The van der Waals surface area contributed by atoms with Crippen LogP contribution in [0, 0.1) is 6.92 Å². The van der Waals surface area contributed by atoms with Gasteiger partial charge in [0.25, 0.3) is 0 Å². The average molecular weight is 216 g/mol. The van der Waals surface area contributed by atoms with Crippen molar-refractivity contribution in [2.24, 2.45) is 0 Å². The molecule has 0 aliphatic heterocycles. The fourth-order valence-corrected chi connectivity index (χ4v) is 1.25. The van der Waals surface area contributed by atoms with E-state index in [0.29, 0.717) is 5.56 Å². The van der Waals surface area contributed by atoms with E-state index in [1.54, 1.807) is 0 Å². The molecule has 0 fully saturated rings. The molecule has 0 radical (unpaired) electrons. The Morgan fingerprint density at radius 1 is 1.33 bits per heavy atom. The van der Waals surface area contributed by atoms with Crippen LogP contribution in [0.2, 0.25) is 10.3 Å². The summed E-state index contributed by atoms with van der Waals surface area (Å²) in [4.78, 5) is 2.45. The minimum absolute atomic E-state index is 0.0159. The quantitative estimate of drug-likeness (QED) is 0.806. The fourth-order valence-electron chi connectivity index (χ4n) is 0.740. The van der Waals surface area contributed by atoms with E-state index in [4.69, 9.17) is 23.2 Å². The van der Waals surface area contributed by atoms with E-state index in [-0.39, 0.29) is 16.1 Å². The van der Waals surface area contributed by atoms with Crippen LogP contribution in [-0.4, -0.2) is 11.6 Å². The first kappa shape index (κ1) is 9.61. The van der Waals surface area contributed by atoms with Gasteiger partial charge in [0.15, 0.2) is 10.9 Å². The Balaban J connectivity index is 2.97. The van der Waals surface area contributed by atoms with Crippen molar-refractivity contribution in [3.05, 3.63) is 15.9 Å². The highest BCUT2D eigenvalue weighted by Gasteiger charge is 2.16. The standard InChI is InChI=1S/C6H5Cl2F2NO/c1-2-3(12-6(9)10)5(8)11-4(2)7/h6,11H,1H3. The molecule has 0 spiro atoms. The molecule has 12 heavy (non-hydrogen) atoms. The molecule has 68 valence electrons. The number of hydrogen-bond donors (Lipinski definition) is 1. The minimum Gasteiger partial charge on any atom is -0.431 e. The van der Waals surface area contributed by atoms with Crippen LogP contribution in [0.1, 0.15) is 5.56 Å². The monoisotopic (exact) mass is 215 g/mol. The molecule has 0 unspecified atom stereocenters. The van der Waals surface area contributed by atoms with Gasteiger partial charge in [-0.05, 0) is 6.92 Å². The van der Waals surface area contributed by atoms with Gasteiger partial charge < -0.3 is 9.72 Å². The lowest BCUT2D eigenvalue weighted by Crippen LogP contribution is -2.02. The summed E-state index contributed by atoms with van der Waals surface area (Å²) in [6.07, 6.45) is 0. The first-order valence-corrected chi connectivity index (χ1v) is 3.76. The van der Waals surface area contributed by atoms with Crippen LogP contribution in [0.25, 0.3) is 0 Å². The van der Waals surface area contributed by atoms with Crippen LogP contribution in [-0.2, 0) is 0 Å². The van der Waals surface area contributed by atoms with Crippen molar-refractivity contribution in [1.82, 2.24) is 4.98 Å². The first-order chi connectivity index (χ1) is 5.52. The third-order valence-electron chi connectivity index (χ3n) is 1.30. The van der Waals surface area contributed by atoms with Crippen molar-refractivity contribution in [1.29, 1.82) is 0 Å². The van der Waals surface area contributed by atoms with Crippen LogP contribution in [0.5, 0.6) is 5.75 Å². The highest BCUT2D eigenvalue weighted by molar-refractivity contribution is 6.35. The fraction of sp³-hybridized carbons (Fsp3) is 0.333. The number of hydrogen-bond acceptors (Lipinski definition) is 1. The van der Waals surface area contributed by atoms with E-state index in [1.165, 1.54) is 6.92 Å². The molecule has 0 saturated heterocycles. The highest BCUT2D eigenvalue weighted by Crippen LogP contribution is 2.34. The first-order valence-electron chi connectivity index (χ1n) is 3.00. The van der Waals surface area contributed by atoms with E-state index in [0.717, 1.165) is 0 Å². The summed E-state index contributed by atoms with van der Waals surface area (Å²) in [5.41, 5.74) is 0.377. The van der Waals surface area contributed by atoms with Crippen LogP contribution in [0.4, 0.5) is 8.78 Å². The molecule has 0 amide bonds. The zero-order valence-corrected chi connectivity index (χ0v) is 7.51. The van der Waals surface area contributed by atoms with Gasteiger partial charge in [0, 0.05) is 5.56 Å². The van der Waals surface area contributed by atoms with E-state index in [9.17, 15) is 8.78 Å². The van der Waals surface area contributed by atoms with Gasteiger partial charge in [-0.15, -0.1) is 0 Å². The van der Waals surface area contributed by atoms with Crippen molar-refractivity contribution in [3.63, 3.8) is 0 Å². The Labute approximate surface area is 77.4 Å². The van der Waals surface area contributed by atoms with Gasteiger partial charge in [-0.2, -0.15) is 8.78 Å². The summed E-state index contributed by atoms with van der Waals surface area (Å²) in [7, 11) is 0. The predicted molar refractivity (Wildman–Crippen MR) is 42.2 cm³/mol. The van der Waals surface area contributed by atoms with Crippen molar-refractivity contribution in [2.75, 3.05) is 0 Å². The van der Waals surface area contributed by atoms with Crippen molar-refractivity contribution >= 4 is 23.2 Å². The summed E-state index contributed by atoms with van der Waals surface area (Å²) in [6, 6.07) is 0. The maximum absolute atomic E-state index is 11.8. The number of aromatic nitrogens is 1. The number of H-pyrrole nitrogens is 1. The molecule has 1 rings (SSSR count). The molecular formula is C6H5Cl2F2NO. The zero-order chi connectivity index (χ0) is 9.30. The van der Waals surface area contributed by atoms with Gasteiger partial charge >= 0.3 is 6.61 Å². The molecule has 2 nitrogen and oxygen atoms in total. The number of nitrogens with one attached hydrogen (secondary N) is 1. The minimum atomic E-state index is -2.90. The summed E-state index contributed by atoms with van der Waals surface area (Å²) >= 11 is 11.0. The largest absolute Gasteiger partial charge is 0.431 e. The van der Waals surface area contributed by atoms with Crippen molar-refractivity contribution < 1.29 is 13.5 Å². The number of halogens is 4.